The molecule has 1 heterocycles. The van der Waals surface area contributed by atoms with Crippen molar-refractivity contribution >= 4 is 21.6 Å². The van der Waals surface area contributed by atoms with E-state index >= 15 is 0 Å². The van der Waals surface area contributed by atoms with E-state index in [0.29, 0.717) is 16.9 Å². The number of sulfonamides is 1. The predicted octanol–water partition coefficient (Wildman–Crippen LogP) is 2.39. The Bertz CT molecular complexity index is 1210. The van der Waals surface area contributed by atoms with Crippen molar-refractivity contribution in [2.75, 3.05) is 12.4 Å². The minimum atomic E-state index is -3.96. The fourth-order valence-electron chi connectivity index (χ4n) is 2.49. The lowest BCUT2D eigenvalue weighted by atomic mass is 10.1. The summed E-state index contributed by atoms with van der Waals surface area (Å²) in [7, 11) is -2.57. The van der Waals surface area contributed by atoms with Crippen molar-refractivity contribution in [1.82, 2.24) is 4.98 Å². The summed E-state index contributed by atoms with van der Waals surface area (Å²) in [4.78, 5) is 16.6. The molecule has 3 rings (SSSR count). The van der Waals surface area contributed by atoms with Crippen molar-refractivity contribution < 1.29 is 17.9 Å². The summed E-state index contributed by atoms with van der Waals surface area (Å²) in [6.45, 7) is 0. The molecule has 1 amide bonds. The number of amides is 1. The molecule has 0 saturated heterocycles. The van der Waals surface area contributed by atoms with Gasteiger partial charge in [0.1, 0.15) is 11.4 Å². The molecule has 0 aliphatic rings. The molecule has 146 valence electrons. The van der Waals surface area contributed by atoms with Crippen molar-refractivity contribution in [2.24, 2.45) is 5.14 Å². The Balaban J connectivity index is 1.86. The van der Waals surface area contributed by atoms with E-state index in [9.17, 15) is 13.2 Å². The van der Waals surface area contributed by atoms with Gasteiger partial charge in [-0.25, -0.2) is 18.5 Å². The molecule has 0 spiro atoms. The maximum absolute atomic E-state index is 12.7. The normalized spacial score (nSPS) is 10.6. The predicted molar refractivity (Wildman–Crippen MR) is 109 cm³/mol. The van der Waals surface area contributed by atoms with Crippen LogP contribution in [0, 0.1) is 11.8 Å². The second-order valence-electron chi connectivity index (χ2n) is 5.91. The SMILES string of the molecule is COc1ccc(S(N)(=O)=O)cc1C(=O)Nc1cccc(C#Cc2ccccn2)c1. The molecule has 0 atom stereocenters. The Kier molecular flexibility index (Phi) is 5.93. The van der Waals surface area contributed by atoms with E-state index in [0.717, 1.165) is 0 Å². The van der Waals surface area contributed by atoms with E-state index in [2.05, 4.69) is 22.1 Å². The van der Waals surface area contributed by atoms with Crippen LogP contribution in [0.5, 0.6) is 5.75 Å². The Morgan fingerprint density at radius 1 is 1.07 bits per heavy atom. The first-order valence-electron chi connectivity index (χ1n) is 8.42. The van der Waals surface area contributed by atoms with Crippen molar-refractivity contribution in [3.05, 3.63) is 83.7 Å². The van der Waals surface area contributed by atoms with Crippen molar-refractivity contribution in [1.29, 1.82) is 0 Å². The molecule has 3 N–H and O–H groups in total. The third-order valence-electron chi connectivity index (χ3n) is 3.86. The first-order chi connectivity index (χ1) is 13.9. The quantitative estimate of drug-likeness (QED) is 0.645. The van der Waals surface area contributed by atoms with Crippen molar-refractivity contribution in [3.8, 4) is 17.6 Å². The number of benzene rings is 2. The lowest BCUT2D eigenvalue weighted by Crippen LogP contribution is -2.16. The fourth-order valence-corrected chi connectivity index (χ4v) is 3.03. The molecule has 2 aromatic carbocycles. The molecule has 0 aliphatic heterocycles. The minimum Gasteiger partial charge on any atom is -0.496 e. The number of primary sulfonamides is 1. The number of carbonyl (C=O) groups excluding carboxylic acids is 1. The zero-order valence-electron chi connectivity index (χ0n) is 15.4. The number of methoxy groups -OCH3 is 1. The van der Waals surface area contributed by atoms with Crippen LogP contribution in [0.3, 0.4) is 0 Å². The van der Waals surface area contributed by atoms with E-state index in [1.165, 1.54) is 25.3 Å². The number of hydrogen-bond donors (Lipinski definition) is 2. The second kappa shape index (κ2) is 8.56. The van der Waals surface area contributed by atoms with Gasteiger partial charge >= 0.3 is 0 Å². The number of rotatable bonds is 4. The van der Waals surface area contributed by atoms with Gasteiger partial charge in [-0.3, -0.25) is 4.79 Å². The van der Waals surface area contributed by atoms with Crippen LogP contribution >= 0.6 is 0 Å². The molecule has 0 bridgehead atoms. The smallest absolute Gasteiger partial charge is 0.259 e. The summed E-state index contributed by atoms with van der Waals surface area (Å²) in [6.07, 6.45) is 1.66. The van der Waals surface area contributed by atoms with E-state index in [1.807, 2.05) is 6.07 Å². The van der Waals surface area contributed by atoms with Crippen LogP contribution in [-0.4, -0.2) is 26.4 Å². The molecule has 29 heavy (non-hydrogen) atoms. The largest absolute Gasteiger partial charge is 0.496 e. The number of pyridine rings is 1. The molecule has 0 saturated carbocycles. The molecular formula is C21H17N3O4S. The molecule has 3 aromatic rings. The summed E-state index contributed by atoms with van der Waals surface area (Å²) in [6, 6.07) is 16.2. The van der Waals surface area contributed by atoms with Gasteiger partial charge in [-0.15, -0.1) is 0 Å². The molecule has 0 unspecified atom stereocenters. The summed E-state index contributed by atoms with van der Waals surface area (Å²) < 4.78 is 28.3. The van der Waals surface area contributed by atoms with Crippen LogP contribution in [0.25, 0.3) is 0 Å². The van der Waals surface area contributed by atoms with Gasteiger partial charge in [-0.1, -0.05) is 18.1 Å². The van der Waals surface area contributed by atoms with Gasteiger partial charge in [0.25, 0.3) is 5.91 Å². The van der Waals surface area contributed by atoms with Crippen molar-refractivity contribution in [2.45, 2.75) is 4.90 Å². The molecule has 0 fully saturated rings. The summed E-state index contributed by atoms with van der Waals surface area (Å²) in [5.41, 5.74) is 1.85. The van der Waals surface area contributed by atoms with Gasteiger partial charge in [0, 0.05) is 17.4 Å². The topological polar surface area (TPSA) is 111 Å². The van der Waals surface area contributed by atoms with Gasteiger partial charge in [0.05, 0.1) is 17.6 Å². The average molecular weight is 407 g/mol. The number of nitrogens with one attached hydrogen (secondary N) is 1. The van der Waals surface area contributed by atoms with Gasteiger partial charge in [0.15, 0.2) is 0 Å². The summed E-state index contributed by atoms with van der Waals surface area (Å²) in [5.74, 6) is 5.61. The first kappa shape index (κ1) is 20.1. The highest BCUT2D eigenvalue weighted by Gasteiger charge is 2.17. The molecule has 7 nitrogen and oxygen atoms in total. The number of ether oxygens (including phenoxy) is 1. The van der Waals surface area contributed by atoms with Crippen LogP contribution in [0.1, 0.15) is 21.6 Å². The second-order valence-corrected chi connectivity index (χ2v) is 7.47. The Morgan fingerprint density at radius 3 is 2.59 bits per heavy atom. The number of carbonyl (C=O) groups is 1. The number of hydrogen-bond acceptors (Lipinski definition) is 5. The average Bonchev–Trinajstić information content (AvgIpc) is 2.72. The van der Waals surface area contributed by atoms with Crippen molar-refractivity contribution in [3.63, 3.8) is 0 Å². The number of aromatic nitrogens is 1. The van der Waals surface area contributed by atoms with E-state index in [1.54, 1.807) is 42.6 Å². The number of nitrogens with two attached hydrogens (primary N) is 1. The van der Waals surface area contributed by atoms with Crippen LogP contribution in [-0.2, 0) is 10.0 Å². The van der Waals surface area contributed by atoms with Crippen LogP contribution < -0.4 is 15.2 Å². The highest BCUT2D eigenvalue weighted by Crippen LogP contribution is 2.23. The molecule has 0 aliphatic carbocycles. The minimum absolute atomic E-state index is 0.0454. The molecular weight excluding hydrogens is 390 g/mol. The number of anilines is 1. The zero-order valence-corrected chi connectivity index (χ0v) is 16.2. The standard InChI is InChI=1S/C21H17N3O4S/c1-28-20-11-10-18(29(22,26)27)14-19(20)21(25)24-17-7-4-5-15(13-17)8-9-16-6-2-3-12-23-16/h2-7,10-14H,1H3,(H,24,25)(H2,22,26,27). The van der Waals surface area contributed by atoms with Crippen LogP contribution in [0.4, 0.5) is 5.69 Å². The lowest BCUT2D eigenvalue weighted by molar-refractivity contribution is 0.102. The van der Waals surface area contributed by atoms with Gasteiger partial charge in [-0.2, -0.15) is 0 Å². The monoisotopic (exact) mass is 407 g/mol. The highest BCUT2D eigenvalue weighted by molar-refractivity contribution is 7.89. The van der Waals surface area contributed by atoms with E-state index in [-0.39, 0.29) is 16.2 Å². The zero-order chi connectivity index (χ0) is 20.9. The maximum Gasteiger partial charge on any atom is 0.259 e. The van der Waals surface area contributed by atoms with Gasteiger partial charge in [-0.05, 0) is 54.5 Å². The number of nitrogens with zero attached hydrogens (tertiary/aromatic N) is 1. The Morgan fingerprint density at radius 2 is 1.90 bits per heavy atom. The summed E-state index contributed by atoms with van der Waals surface area (Å²) >= 11 is 0. The van der Waals surface area contributed by atoms with Gasteiger partial charge in [0.2, 0.25) is 10.0 Å². The molecule has 0 radical (unpaired) electrons. The van der Waals surface area contributed by atoms with Gasteiger partial charge < -0.3 is 10.1 Å². The first-order valence-corrected chi connectivity index (χ1v) is 9.97. The Hall–Kier alpha value is -3.67. The summed E-state index contributed by atoms with van der Waals surface area (Å²) in [5, 5.41) is 7.86. The van der Waals surface area contributed by atoms with E-state index in [4.69, 9.17) is 9.88 Å². The van der Waals surface area contributed by atoms with Crippen LogP contribution in [0.15, 0.2) is 71.8 Å². The van der Waals surface area contributed by atoms with E-state index < -0.39 is 15.9 Å². The third kappa shape index (κ3) is 5.19. The third-order valence-corrected chi connectivity index (χ3v) is 4.78. The van der Waals surface area contributed by atoms with Crippen LogP contribution in [0.2, 0.25) is 0 Å². The lowest BCUT2D eigenvalue weighted by Gasteiger charge is -2.11. The highest BCUT2D eigenvalue weighted by atomic mass is 32.2. The maximum atomic E-state index is 12.7. The molecule has 1 aromatic heterocycles. The fraction of sp³-hybridized carbons (Fsp3) is 0.0476. The molecule has 8 heteroatoms. The Labute approximate surface area is 168 Å².